The lowest BCUT2D eigenvalue weighted by molar-refractivity contribution is 0.0730. The number of aliphatic imine (C=N–C) groups is 1. The van der Waals surface area contributed by atoms with Crippen molar-refractivity contribution in [1.29, 1.82) is 0 Å². The van der Waals surface area contributed by atoms with E-state index in [4.69, 9.17) is 4.74 Å². The van der Waals surface area contributed by atoms with E-state index >= 15 is 0 Å². The van der Waals surface area contributed by atoms with E-state index in [0.717, 1.165) is 11.1 Å². The number of allylic oxidation sites excluding steroid dienone is 1. The summed E-state index contributed by atoms with van der Waals surface area (Å²) >= 11 is 0. The number of sulfonamides is 1. The summed E-state index contributed by atoms with van der Waals surface area (Å²) in [5.41, 5.74) is 2.84. The first-order valence-electron chi connectivity index (χ1n) is 8.51. The second-order valence-electron chi connectivity index (χ2n) is 6.07. The van der Waals surface area contributed by atoms with Crippen molar-refractivity contribution in [1.82, 2.24) is 4.31 Å². The Labute approximate surface area is 154 Å². The molecule has 5 nitrogen and oxygen atoms in total. The van der Waals surface area contributed by atoms with Crippen LogP contribution in [0.25, 0.3) is 6.08 Å². The molecule has 3 rings (SSSR count). The monoisotopic (exact) mass is 370 g/mol. The quantitative estimate of drug-likeness (QED) is 0.757. The fraction of sp³-hybridized carbons (Fsp3) is 0.250. The predicted octanol–water partition coefficient (Wildman–Crippen LogP) is 3.51. The maximum atomic E-state index is 12.6. The summed E-state index contributed by atoms with van der Waals surface area (Å²) in [6, 6.07) is 16.7. The van der Waals surface area contributed by atoms with Crippen molar-refractivity contribution in [2.24, 2.45) is 4.99 Å². The number of ether oxygens (including phenoxy) is 1. The molecule has 0 radical (unpaired) electrons. The van der Waals surface area contributed by atoms with Crippen molar-refractivity contribution < 1.29 is 13.2 Å². The molecule has 0 N–H and O–H groups in total. The lowest BCUT2D eigenvalue weighted by atomic mass is 10.1. The van der Waals surface area contributed by atoms with Crippen LogP contribution in [0, 0.1) is 0 Å². The summed E-state index contributed by atoms with van der Waals surface area (Å²) in [6.45, 7) is 3.65. The van der Waals surface area contributed by atoms with Gasteiger partial charge in [0.05, 0.1) is 23.8 Å². The van der Waals surface area contributed by atoms with Crippen LogP contribution in [0.15, 0.2) is 70.1 Å². The summed E-state index contributed by atoms with van der Waals surface area (Å²) in [5.74, 6) is 0. The molecular weight excluding hydrogens is 348 g/mol. The van der Waals surface area contributed by atoms with Crippen LogP contribution in [0.4, 0.5) is 5.69 Å². The van der Waals surface area contributed by atoms with E-state index in [2.05, 4.69) is 4.99 Å². The van der Waals surface area contributed by atoms with Gasteiger partial charge in [0.2, 0.25) is 10.0 Å². The van der Waals surface area contributed by atoms with Crippen LogP contribution in [-0.2, 0) is 14.8 Å². The number of benzene rings is 2. The largest absolute Gasteiger partial charge is 0.379 e. The molecule has 1 fully saturated rings. The zero-order valence-electron chi connectivity index (χ0n) is 14.7. The predicted molar refractivity (Wildman–Crippen MR) is 104 cm³/mol. The highest BCUT2D eigenvalue weighted by Gasteiger charge is 2.25. The molecule has 0 spiro atoms. The smallest absolute Gasteiger partial charge is 0.243 e. The van der Waals surface area contributed by atoms with Gasteiger partial charge in [0.15, 0.2) is 0 Å². The second-order valence-corrected chi connectivity index (χ2v) is 8.01. The summed E-state index contributed by atoms with van der Waals surface area (Å²) in [7, 11) is -3.46. The third-order valence-corrected chi connectivity index (χ3v) is 5.97. The van der Waals surface area contributed by atoms with Crippen LogP contribution >= 0.6 is 0 Å². The Morgan fingerprint density at radius 2 is 1.69 bits per heavy atom. The summed E-state index contributed by atoms with van der Waals surface area (Å²) in [5, 5.41) is 0. The highest BCUT2D eigenvalue weighted by Crippen LogP contribution is 2.21. The Morgan fingerprint density at radius 1 is 1.04 bits per heavy atom. The molecule has 0 aromatic heterocycles. The first-order chi connectivity index (χ1) is 12.6. The first-order valence-corrected chi connectivity index (χ1v) is 9.95. The Morgan fingerprint density at radius 3 is 2.35 bits per heavy atom. The highest BCUT2D eigenvalue weighted by molar-refractivity contribution is 7.89. The Hall–Kier alpha value is -2.28. The third-order valence-electron chi connectivity index (χ3n) is 4.06. The number of rotatable bonds is 5. The maximum absolute atomic E-state index is 12.6. The van der Waals surface area contributed by atoms with Crippen LogP contribution in [-0.4, -0.2) is 45.2 Å². The molecule has 2 aromatic carbocycles. The van der Waals surface area contributed by atoms with Crippen molar-refractivity contribution in [2.75, 3.05) is 26.3 Å². The molecule has 0 atom stereocenters. The number of hydrogen-bond donors (Lipinski definition) is 0. The third kappa shape index (κ3) is 4.66. The lowest BCUT2D eigenvalue weighted by Gasteiger charge is -2.26. The molecule has 0 aliphatic carbocycles. The Bertz CT molecular complexity index is 882. The van der Waals surface area contributed by atoms with Gasteiger partial charge in [0.1, 0.15) is 0 Å². The molecule has 1 saturated heterocycles. The van der Waals surface area contributed by atoms with E-state index in [1.165, 1.54) is 4.31 Å². The zero-order chi connectivity index (χ0) is 18.4. The van der Waals surface area contributed by atoms with E-state index < -0.39 is 10.0 Å². The van der Waals surface area contributed by atoms with E-state index in [1.807, 2.05) is 43.3 Å². The van der Waals surface area contributed by atoms with Crippen LogP contribution in [0.2, 0.25) is 0 Å². The van der Waals surface area contributed by atoms with Gasteiger partial charge in [-0.05, 0) is 42.3 Å². The van der Waals surface area contributed by atoms with Crippen LogP contribution in [0.3, 0.4) is 0 Å². The van der Waals surface area contributed by atoms with Gasteiger partial charge in [-0.3, -0.25) is 4.99 Å². The molecule has 6 heteroatoms. The summed E-state index contributed by atoms with van der Waals surface area (Å²) in [4.78, 5) is 4.70. The lowest BCUT2D eigenvalue weighted by Crippen LogP contribution is -2.40. The van der Waals surface area contributed by atoms with Gasteiger partial charge in [-0.2, -0.15) is 4.31 Å². The molecule has 0 amide bonds. The highest BCUT2D eigenvalue weighted by atomic mass is 32.2. The molecule has 136 valence electrons. The average Bonchev–Trinajstić information content (AvgIpc) is 2.68. The minimum atomic E-state index is -3.46. The van der Waals surface area contributed by atoms with Crippen LogP contribution < -0.4 is 0 Å². The molecule has 0 bridgehead atoms. The molecule has 2 aromatic rings. The molecular formula is C20H22N2O3S. The minimum absolute atomic E-state index is 0.287. The van der Waals surface area contributed by atoms with Crippen molar-refractivity contribution in [3.05, 3.63) is 65.7 Å². The van der Waals surface area contributed by atoms with Crippen molar-refractivity contribution >= 4 is 28.0 Å². The normalized spacial score (nSPS) is 16.9. The number of nitrogens with zero attached hydrogens (tertiary/aromatic N) is 2. The standard InChI is InChI=1S/C20H22N2O3S/c1-17(15-18-5-3-2-4-6-18)16-21-19-7-9-20(10-8-19)26(23,24)22-11-13-25-14-12-22/h2-10,15-16H,11-14H2,1H3/b17-15+,21-16?. The molecule has 0 unspecified atom stereocenters. The molecule has 1 aliphatic heterocycles. The molecule has 1 heterocycles. The van der Waals surface area contributed by atoms with Gasteiger partial charge in [-0.25, -0.2) is 8.42 Å². The first kappa shape index (κ1) is 18.5. The van der Waals surface area contributed by atoms with E-state index in [9.17, 15) is 8.42 Å². The summed E-state index contributed by atoms with van der Waals surface area (Å²) < 4.78 is 31.9. The number of morpholine rings is 1. The van der Waals surface area contributed by atoms with Gasteiger partial charge < -0.3 is 4.74 Å². The van der Waals surface area contributed by atoms with E-state index in [0.29, 0.717) is 32.0 Å². The fourth-order valence-corrected chi connectivity index (χ4v) is 4.07. The van der Waals surface area contributed by atoms with Crippen molar-refractivity contribution in [3.63, 3.8) is 0 Å². The van der Waals surface area contributed by atoms with Gasteiger partial charge in [0, 0.05) is 19.3 Å². The maximum Gasteiger partial charge on any atom is 0.243 e. The Balaban J connectivity index is 1.70. The number of hydrogen-bond acceptors (Lipinski definition) is 4. The summed E-state index contributed by atoms with van der Waals surface area (Å²) in [6.07, 6.45) is 3.82. The minimum Gasteiger partial charge on any atom is -0.379 e. The fourth-order valence-electron chi connectivity index (χ4n) is 2.67. The zero-order valence-corrected chi connectivity index (χ0v) is 15.5. The topological polar surface area (TPSA) is 59.0 Å². The van der Waals surface area contributed by atoms with Crippen molar-refractivity contribution in [2.45, 2.75) is 11.8 Å². The SMILES string of the molecule is C/C(C=Nc1ccc(S(=O)(=O)N2CCOCC2)cc1)=C\c1ccccc1. The van der Waals surface area contributed by atoms with E-state index in [1.54, 1.807) is 30.5 Å². The molecule has 0 saturated carbocycles. The van der Waals surface area contributed by atoms with Gasteiger partial charge in [-0.15, -0.1) is 0 Å². The molecule has 26 heavy (non-hydrogen) atoms. The van der Waals surface area contributed by atoms with Gasteiger partial charge >= 0.3 is 0 Å². The average molecular weight is 370 g/mol. The van der Waals surface area contributed by atoms with Crippen molar-refractivity contribution in [3.8, 4) is 0 Å². The van der Waals surface area contributed by atoms with Crippen LogP contribution in [0.1, 0.15) is 12.5 Å². The van der Waals surface area contributed by atoms with Gasteiger partial charge in [0.25, 0.3) is 0 Å². The second kappa shape index (κ2) is 8.40. The Kier molecular flexibility index (Phi) is 5.98. The van der Waals surface area contributed by atoms with E-state index in [-0.39, 0.29) is 4.90 Å². The molecule has 1 aliphatic rings. The van der Waals surface area contributed by atoms with Gasteiger partial charge in [-0.1, -0.05) is 36.4 Å². The van der Waals surface area contributed by atoms with Crippen LogP contribution in [0.5, 0.6) is 0 Å².